The van der Waals surface area contributed by atoms with Gasteiger partial charge >= 0.3 is 5.97 Å². The summed E-state index contributed by atoms with van der Waals surface area (Å²) in [6, 6.07) is -0.600. The van der Waals surface area contributed by atoms with E-state index in [0.29, 0.717) is 10.9 Å². The molecule has 0 aliphatic rings. The minimum absolute atomic E-state index is 0.409. The van der Waals surface area contributed by atoms with Crippen molar-refractivity contribution in [3.8, 4) is 0 Å². The van der Waals surface area contributed by atoms with Crippen molar-refractivity contribution in [2.24, 2.45) is 5.73 Å². The van der Waals surface area contributed by atoms with E-state index in [1.54, 1.807) is 0 Å². The number of carbonyl (C=O) groups is 1. The number of hydrogen-bond donors (Lipinski definition) is 1. The molecule has 0 radical (unpaired) electrons. The van der Waals surface area contributed by atoms with Gasteiger partial charge in [-0.3, -0.25) is 4.79 Å². The highest BCUT2D eigenvalue weighted by atomic mass is 79.9. The second kappa shape index (κ2) is 4.46. The van der Waals surface area contributed by atoms with Crippen LogP contribution in [0.25, 0.3) is 0 Å². The maximum Gasteiger partial charge on any atom is 0.322 e. The molecular weight excluding hydrogens is 198 g/mol. The quantitative estimate of drug-likeness (QED) is 0.697. The number of ether oxygens (including phenoxy) is 1. The molecule has 1 unspecified atom stereocenters. The van der Waals surface area contributed by atoms with E-state index in [9.17, 15) is 4.79 Å². The molecule has 0 heterocycles. The molecule has 0 fully saturated rings. The topological polar surface area (TPSA) is 52.3 Å². The summed E-state index contributed by atoms with van der Waals surface area (Å²) in [5.41, 5.74) is 5.36. The summed E-state index contributed by atoms with van der Waals surface area (Å²) in [7, 11) is 1.30. The number of methoxy groups -OCH3 is 1. The van der Waals surface area contributed by atoms with Crippen molar-refractivity contribution in [3.63, 3.8) is 0 Å². The van der Waals surface area contributed by atoms with Crippen molar-refractivity contribution in [2.45, 2.75) is 12.5 Å². The van der Waals surface area contributed by atoms with Crippen LogP contribution in [0.4, 0.5) is 0 Å². The molecule has 0 aromatic carbocycles. The van der Waals surface area contributed by atoms with Gasteiger partial charge in [0.15, 0.2) is 0 Å². The average molecular weight is 208 g/mol. The first kappa shape index (κ1) is 9.65. The number of carbonyl (C=O) groups excluding carboxylic acids is 1. The van der Waals surface area contributed by atoms with E-state index in [2.05, 4.69) is 27.2 Å². The Labute approximate surface area is 68.4 Å². The monoisotopic (exact) mass is 207 g/mol. The van der Waals surface area contributed by atoms with Crippen molar-refractivity contribution in [3.05, 3.63) is 11.1 Å². The Morgan fingerprint density at radius 2 is 2.40 bits per heavy atom. The van der Waals surface area contributed by atoms with E-state index in [4.69, 9.17) is 5.73 Å². The van der Waals surface area contributed by atoms with Crippen molar-refractivity contribution in [1.29, 1.82) is 0 Å². The largest absolute Gasteiger partial charge is 0.468 e. The van der Waals surface area contributed by atoms with Crippen LogP contribution in [0.2, 0.25) is 0 Å². The fourth-order valence-corrected chi connectivity index (χ4v) is 0.822. The first-order chi connectivity index (χ1) is 4.57. The van der Waals surface area contributed by atoms with E-state index < -0.39 is 12.0 Å². The number of rotatable bonds is 3. The summed E-state index contributed by atoms with van der Waals surface area (Å²) >= 11 is 3.09. The van der Waals surface area contributed by atoms with Gasteiger partial charge in [0.1, 0.15) is 6.04 Å². The van der Waals surface area contributed by atoms with Crippen molar-refractivity contribution in [1.82, 2.24) is 0 Å². The lowest BCUT2D eigenvalue weighted by molar-refractivity contribution is -0.142. The summed E-state index contributed by atoms with van der Waals surface area (Å²) in [6.07, 6.45) is 0.409. The Bertz CT molecular complexity index is 147. The van der Waals surface area contributed by atoms with Crippen LogP contribution in [-0.2, 0) is 9.53 Å². The van der Waals surface area contributed by atoms with Crippen LogP contribution in [0.5, 0.6) is 0 Å². The molecule has 0 aliphatic carbocycles. The van der Waals surface area contributed by atoms with Gasteiger partial charge in [-0.25, -0.2) is 0 Å². The van der Waals surface area contributed by atoms with E-state index in [1.165, 1.54) is 7.11 Å². The molecule has 3 nitrogen and oxygen atoms in total. The Balaban J connectivity index is 3.72. The SMILES string of the molecule is C=C(Br)CC(N)C(=O)OC. The predicted octanol–water partition coefficient (Wildman–Crippen LogP) is 0.785. The normalized spacial score (nSPS) is 12.3. The van der Waals surface area contributed by atoms with Crippen molar-refractivity contribution < 1.29 is 9.53 Å². The molecule has 0 bridgehead atoms. The van der Waals surface area contributed by atoms with E-state index >= 15 is 0 Å². The zero-order valence-electron chi connectivity index (χ0n) is 5.76. The third-order valence-electron chi connectivity index (χ3n) is 0.945. The van der Waals surface area contributed by atoms with Gasteiger partial charge in [0.2, 0.25) is 0 Å². The Morgan fingerprint density at radius 1 is 1.90 bits per heavy atom. The van der Waals surface area contributed by atoms with Crippen LogP contribution in [0.3, 0.4) is 0 Å². The van der Waals surface area contributed by atoms with E-state index in [0.717, 1.165) is 0 Å². The van der Waals surface area contributed by atoms with Crippen LogP contribution in [-0.4, -0.2) is 19.1 Å². The summed E-state index contributed by atoms with van der Waals surface area (Å²) in [4.78, 5) is 10.6. The fraction of sp³-hybridized carbons (Fsp3) is 0.500. The van der Waals surface area contributed by atoms with Crippen LogP contribution in [0.15, 0.2) is 11.1 Å². The second-order valence-corrected chi connectivity index (χ2v) is 2.97. The highest BCUT2D eigenvalue weighted by Crippen LogP contribution is 2.08. The molecule has 10 heavy (non-hydrogen) atoms. The number of hydrogen-bond acceptors (Lipinski definition) is 3. The molecule has 58 valence electrons. The van der Waals surface area contributed by atoms with Gasteiger partial charge in [0, 0.05) is 6.42 Å². The molecule has 0 spiro atoms. The summed E-state index contributed by atoms with van der Waals surface area (Å²) < 4.78 is 5.09. The lowest BCUT2D eigenvalue weighted by Gasteiger charge is -2.06. The highest BCUT2D eigenvalue weighted by molar-refractivity contribution is 9.11. The lowest BCUT2D eigenvalue weighted by atomic mass is 10.2. The fourth-order valence-electron chi connectivity index (χ4n) is 0.473. The molecular formula is C6H10BrNO2. The molecule has 0 aromatic heterocycles. The average Bonchev–Trinajstić information content (AvgIpc) is 1.85. The van der Waals surface area contributed by atoms with Crippen molar-refractivity contribution >= 4 is 21.9 Å². The number of nitrogens with two attached hydrogens (primary N) is 1. The first-order valence-corrected chi connectivity index (χ1v) is 3.54. The lowest BCUT2D eigenvalue weighted by Crippen LogP contribution is -2.31. The zero-order valence-corrected chi connectivity index (χ0v) is 7.35. The molecule has 0 saturated heterocycles. The van der Waals surface area contributed by atoms with Crippen molar-refractivity contribution in [2.75, 3.05) is 7.11 Å². The molecule has 0 aromatic rings. The third-order valence-corrected chi connectivity index (χ3v) is 1.27. The Morgan fingerprint density at radius 3 is 2.70 bits per heavy atom. The van der Waals surface area contributed by atoms with Gasteiger partial charge in [-0.2, -0.15) is 0 Å². The highest BCUT2D eigenvalue weighted by Gasteiger charge is 2.12. The predicted molar refractivity (Wildman–Crippen MR) is 42.7 cm³/mol. The summed E-state index contributed by atoms with van der Waals surface area (Å²) in [5, 5.41) is 0. The minimum Gasteiger partial charge on any atom is -0.468 e. The van der Waals surface area contributed by atoms with Gasteiger partial charge in [0.25, 0.3) is 0 Å². The van der Waals surface area contributed by atoms with E-state index in [-0.39, 0.29) is 0 Å². The molecule has 0 saturated carbocycles. The van der Waals surface area contributed by atoms with Gasteiger partial charge < -0.3 is 10.5 Å². The van der Waals surface area contributed by atoms with Crippen LogP contribution >= 0.6 is 15.9 Å². The maximum absolute atomic E-state index is 10.6. The van der Waals surface area contributed by atoms with Gasteiger partial charge in [-0.05, 0) is 4.48 Å². The van der Waals surface area contributed by atoms with Crippen LogP contribution in [0.1, 0.15) is 6.42 Å². The summed E-state index contributed by atoms with van der Waals surface area (Å²) in [5.74, 6) is -0.416. The smallest absolute Gasteiger partial charge is 0.322 e. The third kappa shape index (κ3) is 3.63. The number of esters is 1. The molecule has 1 atom stereocenters. The summed E-state index contributed by atoms with van der Waals surface area (Å²) in [6.45, 7) is 3.54. The Kier molecular flexibility index (Phi) is 4.31. The zero-order chi connectivity index (χ0) is 8.15. The molecule has 0 amide bonds. The molecule has 0 rings (SSSR count). The van der Waals surface area contributed by atoms with Gasteiger partial charge in [-0.1, -0.05) is 22.5 Å². The van der Waals surface area contributed by atoms with Crippen LogP contribution in [0, 0.1) is 0 Å². The minimum atomic E-state index is -0.600. The van der Waals surface area contributed by atoms with Gasteiger partial charge in [0.05, 0.1) is 7.11 Å². The Hall–Kier alpha value is -0.350. The standard InChI is InChI=1S/C6H10BrNO2/c1-4(7)3-5(8)6(9)10-2/h5H,1,3,8H2,2H3. The molecule has 2 N–H and O–H groups in total. The first-order valence-electron chi connectivity index (χ1n) is 2.74. The van der Waals surface area contributed by atoms with E-state index in [1.807, 2.05) is 0 Å². The maximum atomic E-state index is 10.6. The second-order valence-electron chi connectivity index (χ2n) is 1.85. The molecule has 0 aliphatic heterocycles. The number of halogens is 1. The van der Waals surface area contributed by atoms with Crippen LogP contribution < -0.4 is 5.73 Å². The molecule has 4 heteroatoms. The van der Waals surface area contributed by atoms with Gasteiger partial charge in [-0.15, -0.1) is 0 Å².